The number of rotatable bonds is 5. The molecule has 2 aromatic rings. The Bertz CT molecular complexity index is 1020. The predicted octanol–water partition coefficient (Wildman–Crippen LogP) is 2.77. The molecular weight excluding hydrogens is 462 g/mol. The minimum absolute atomic E-state index is 0.0662. The lowest BCUT2D eigenvalue weighted by Crippen LogP contribution is -2.51. The molecule has 4 heterocycles. The van der Waals surface area contributed by atoms with Gasteiger partial charge < -0.3 is 14.2 Å². The highest BCUT2D eigenvalue weighted by Gasteiger charge is 2.32. The van der Waals surface area contributed by atoms with Gasteiger partial charge in [0.2, 0.25) is 5.91 Å². The number of hydrogen-bond donors (Lipinski definition) is 0. The Morgan fingerprint density at radius 1 is 1.03 bits per heavy atom. The Morgan fingerprint density at radius 2 is 1.71 bits per heavy atom. The summed E-state index contributed by atoms with van der Waals surface area (Å²) in [5, 5.41) is 0. The number of hydrogen-bond acceptors (Lipinski definition) is 6. The fraction of sp³-hybridized carbons (Fsp3) is 0.500. The number of carbonyl (C=O) groups excluding carboxylic acids is 2. The van der Waals surface area contributed by atoms with Crippen molar-refractivity contribution in [2.24, 2.45) is 5.92 Å². The molecule has 2 aliphatic heterocycles. The lowest BCUT2D eigenvalue weighted by molar-refractivity contribution is -0.134. The number of nitrogens with zero attached hydrogens (tertiary/aromatic N) is 3. The van der Waals surface area contributed by atoms with Crippen LogP contribution in [-0.2, 0) is 14.8 Å². The van der Waals surface area contributed by atoms with Crippen LogP contribution in [0.4, 0.5) is 0 Å². The fourth-order valence-corrected chi connectivity index (χ4v) is 7.12. The molecule has 0 bridgehead atoms. The highest BCUT2D eigenvalue weighted by atomic mass is 35.5. The number of furan rings is 1. The van der Waals surface area contributed by atoms with Gasteiger partial charge in [-0.2, -0.15) is 4.31 Å². The molecule has 0 atom stereocenters. The van der Waals surface area contributed by atoms with Gasteiger partial charge in [0, 0.05) is 45.7 Å². The zero-order valence-corrected chi connectivity index (χ0v) is 19.3. The third-order valence-corrected chi connectivity index (χ3v) is 9.43. The van der Waals surface area contributed by atoms with Gasteiger partial charge in [0.15, 0.2) is 5.76 Å². The number of piperidine rings is 1. The molecule has 2 amide bonds. The molecule has 31 heavy (non-hydrogen) atoms. The van der Waals surface area contributed by atoms with E-state index in [-0.39, 0.29) is 21.9 Å². The molecule has 2 fully saturated rings. The van der Waals surface area contributed by atoms with Gasteiger partial charge in [-0.1, -0.05) is 11.6 Å². The van der Waals surface area contributed by atoms with Crippen molar-refractivity contribution >= 4 is 44.8 Å². The summed E-state index contributed by atoms with van der Waals surface area (Å²) in [5.41, 5.74) is 0. The highest BCUT2D eigenvalue weighted by molar-refractivity contribution is 7.91. The van der Waals surface area contributed by atoms with E-state index in [1.54, 1.807) is 28.0 Å². The van der Waals surface area contributed by atoms with Crippen molar-refractivity contribution < 1.29 is 22.4 Å². The van der Waals surface area contributed by atoms with E-state index < -0.39 is 10.0 Å². The van der Waals surface area contributed by atoms with Crippen molar-refractivity contribution in [3.05, 3.63) is 40.6 Å². The number of thiophene rings is 1. The quantitative estimate of drug-likeness (QED) is 0.649. The number of carbonyl (C=O) groups is 2. The molecular formula is C20H24ClN3O5S2. The van der Waals surface area contributed by atoms with E-state index in [9.17, 15) is 18.0 Å². The second-order valence-corrected chi connectivity index (χ2v) is 11.6. The highest BCUT2D eigenvalue weighted by Crippen LogP contribution is 2.31. The van der Waals surface area contributed by atoms with E-state index in [1.165, 1.54) is 16.6 Å². The summed E-state index contributed by atoms with van der Waals surface area (Å²) in [5.74, 6) is 0.383. The van der Waals surface area contributed by atoms with Crippen LogP contribution in [0.15, 0.2) is 39.2 Å². The molecule has 0 N–H and O–H groups in total. The van der Waals surface area contributed by atoms with E-state index >= 15 is 0 Å². The van der Waals surface area contributed by atoms with Crippen molar-refractivity contribution in [1.29, 1.82) is 0 Å². The van der Waals surface area contributed by atoms with Crippen molar-refractivity contribution in [3.63, 3.8) is 0 Å². The summed E-state index contributed by atoms with van der Waals surface area (Å²) >= 11 is 6.94. The van der Waals surface area contributed by atoms with Crippen molar-refractivity contribution in [3.8, 4) is 0 Å². The summed E-state index contributed by atoms with van der Waals surface area (Å²) in [6.45, 7) is 2.76. The zero-order chi connectivity index (χ0) is 22.0. The third-order valence-electron chi connectivity index (χ3n) is 5.83. The van der Waals surface area contributed by atoms with Crippen LogP contribution in [0.25, 0.3) is 0 Å². The van der Waals surface area contributed by atoms with Gasteiger partial charge >= 0.3 is 0 Å². The van der Waals surface area contributed by atoms with Gasteiger partial charge in [-0.05, 0) is 43.0 Å². The minimum Gasteiger partial charge on any atom is -0.459 e. The number of sulfonamides is 1. The van der Waals surface area contributed by atoms with E-state index in [0.29, 0.717) is 68.6 Å². The van der Waals surface area contributed by atoms with Crippen molar-refractivity contribution in [1.82, 2.24) is 14.1 Å². The largest absolute Gasteiger partial charge is 0.459 e. The van der Waals surface area contributed by atoms with Gasteiger partial charge in [0.1, 0.15) is 4.21 Å². The molecule has 0 saturated carbocycles. The Balaban J connectivity index is 1.24. The topological polar surface area (TPSA) is 91.1 Å². The van der Waals surface area contributed by atoms with Crippen LogP contribution in [0.5, 0.6) is 0 Å². The maximum atomic E-state index is 12.7. The Kier molecular flexibility index (Phi) is 6.71. The summed E-state index contributed by atoms with van der Waals surface area (Å²) in [4.78, 5) is 28.6. The van der Waals surface area contributed by atoms with Crippen LogP contribution in [0, 0.1) is 5.92 Å². The number of halogens is 1. The monoisotopic (exact) mass is 485 g/mol. The molecule has 0 aromatic carbocycles. The van der Waals surface area contributed by atoms with Gasteiger partial charge in [-0.25, -0.2) is 8.42 Å². The summed E-state index contributed by atoms with van der Waals surface area (Å²) in [7, 11) is -3.52. The molecule has 2 saturated heterocycles. The molecule has 168 valence electrons. The van der Waals surface area contributed by atoms with E-state index in [2.05, 4.69) is 0 Å². The minimum atomic E-state index is -3.52. The van der Waals surface area contributed by atoms with Gasteiger partial charge in [0.05, 0.1) is 10.6 Å². The maximum Gasteiger partial charge on any atom is 0.289 e. The summed E-state index contributed by atoms with van der Waals surface area (Å²) < 4.78 is 32.8. The standard InChI is InChI=1S/C20H24ClN3O5S2/c21-17-3-4-19(30-17)31(27,28)24-7-5-15(6-8-24)14-18(25)22-9-11-23(12-10-22)20(26)16-2-1-13-29-16/h1-4,13,15H,5-12,14H2. The van der Waals surface area contributed by atoms with Crippen LogP contribution in [0.3, 0.4) is 0 Å². The molecule has 0 aliphatic carbocycles. The molecule has 0 radical (unpaired) electrons. The van der Waals surface area contributed by atoms with Gasteiger partial charge in [0.25, 0.3) is 15.9 Å². The smallest absolute Gasteiger partial charge is 0.289 e. The van der Waals surface area contributed by atoms with Crippen LogP contribution >= 0.6 is 22.9 Å². The Hall–Kier alpha value is -1.88. The van der Waals surface area contributed by atoms with E-state index in [0.717, 1.165) is 11.3 Å². The molecule has 0 unspecified atom stereocenters. The molecule has 2 aromatic heterocycles. The molecule has 2 aliphatic rings. The lowest BCUT2D eigenvalue weighted by Gasteiger charge is -2.36. The van der Waals surface area contributed by atoms with Crippen LogP contribution in [0.1, 0.15) is 29.8 Å². The van der Waals surface area contributed by atoms with Crippen LogP contribution in [0.2, 0.25) is 4.34 Å². The molecule has 11 heteroatoms. The molecule has 4 rings (SSSR count). The Labute approximate surface area is 190 Å². The van der Waals surface area contributed by atoms with Crippen molar-refractivity contribution in [2.75, 3.05) is 39.3 Å². The van der Waals surface area contributed by atoms with Crippen molar-refractivity contribution in [2.45, 2.75) is 23.5 Å². The second kappa shape index (κ2) is 9.32. The zero-order valence-electron chi connectivity index (χ0n) is 16.9. The summed E-state index contributed by atoms with van der Waals surface area (Å²) in [6, 6.07) is 6.44. The van der Waals surface area contributed by atoms with E-state index in [1.807, 2.05) is 0 Å². The lowest BCUT2D eigenvalue weighted by atomic mass is 9.94. The van der Waals surface area contributed by atoms with Gasteiger partial charge in [-0.3, -0.25) is 9.59 Å². The first-order chi connectivity index (χ1) is 14.8. The van der Waals surface area contributed by atoms with Gasteiger partial charge in [-0.15, -0.1) is 11.3 Å². The third kappa shape index (κ3) is 4.97. The summed E-state index contributed by atoms with van der Waals surface area (Å²) in [6.07, 6.45) is 3.19. The normalized spacial score (nSPS) is 19.0. The first-order valence-corrected chi connectivity index (χ1v) is 12.8. The molecule has 8 nitrogen and oxygen atoms in total. The average Bonchev–Trinajstić information content (AvgIpc) is 3.46. The first-order valence-electron chi connectivity index (χ1n) is 10.2. The second-order valence-electron chi connectivity index (χ2n) is 7.76. The van der Waals surface area contributed by atoms with Crippen LogP contribution in [-0.4, -0.2) is 73.6 Å². The number of piperazine rings is 1. The number of amides is 2. The predicted molar refractivity (Wildman–Crippen MR) is 117 cm³/mol. The van der Waals surface area contributed by atoms with E-state index in [4.69, 9.17) is 16.0 Å². The SMILES string of the molecule is O=C(CC1CCN(S(=O)(=O)c2ccc(Cl)s2)CC1)N1CCN(C(=O)c2ccco2)CC1. The average molecular weight is 486 g/mol. The van der Waals surface area contributed by atoms with Crippen LogP contribution < -0.4 is 0 Å². The molecule has 0 spiro atoms. The Morgan fingerprint density at radius 3 is 2.29 bits per heavy atom. The maximum absolute atomic E-state index is 12.7. The fourth-order valence-electron chi connectivity index (χ4n) is 4.01. The first kappa shape index (κ1) is 22.3.